The van der Waals surface area contributed by atoms with Crippen LogP contribution >= 0.6 is 11.6 Å². The van der Waals surface area contributed by atoms with Crippen molar-refractivity contribution in [2.75, 3.05) is 11.5 Å². The largest absolute Gasteiger partial charge is 0.324 e. The number of nitrogens with two attached hydrogens (primary N) is 1. The first-order valence-electron chi connectivity index (χ1n) is 5.23. The molecule has 1 fully saturated rings. The highest BCUT2D eigenvalue weighted by Gasteiger charge is 2.39. The predicted octanol–water partition coefficient (Wildman–Crippen LogP) is 1.54. The third-order valence-corrected chi connectivity index (χ3v) is 5.04. The smallest absolute Gasteiger partial charge is 0.152 e. The molecule has 0 aromatic heterocycles. The molecule has 3 nitrogen and oxygen atoms in total. The van der Waals surface area contributed by atoms with Crippen molar-refractivity contribution in [1.29, 1.82) is 0 Å². The molecule has 1 aliphatic rings. The van der Waals surface area contributed by atoms with Crippen LogP contribution in [-0.4, -0.2) is 25.5 Å². The van der Waals surface area contributed by atoms with Crippen LogP contribution in [0.15, 0.2) is 18.2 Å². The van der Waals surface area contributed by atoms with Gasteiger partial charge in [0.2, 0.25) is 0 Å². The van der Waals surface area contributed by atoms with E-state index < -0.39 is 21.2 Å². The zero-order valence-electron chi connectivity index (χ0n) is 9.12. The normalized spacial score (nSPS) is 27.2. The fourth-order valence-electron chi connectivity index (χ4n) is 2.14. The van der Waals surface area contributed by atoms with E-state index in [9.17, 15) is 12.8 Å². The van der Waals surface area contributed by atoms with E-state index in [4.69, 9.17) is 17.3 Å². The van der Waals surface area contributed by atoms with Gasteiger partial charge >= 0.3 is 0 Å². The van der Waals surface area contributed by atoms with Crippen molar-refractivity contribution in [1.82, 2.24) is 0 Å². The van der Waals surface area contributed by atoms with Gasteiger partial charge in [-0.25, -0.2) is 12.8 Å². The van der Waals surface area contributed by atoms with Gasteiger partial charge in [-0.3, -0.25) is 0 Å². The monoisotopic (exact) mass is 277 g/mol. The molecular weight excluding hydrogens is 265 g/mol. The Bertz CT molecular complexity index is 546. The quantitative estimate of drug-likeness (QED) is 0.892. The van der Waals surface area contributed by atoms with E-state index in [1.165, 1.54) is 18.2 Å². The molecule has 17 heavy (non-hydrogen) atoms. The van der Waals surface area contributed by atoms with E-state index in [1.54, 1.807) is 0 Å². The molecule has 1 saturated heterocycles. The van der Waals surface area contributed by atoms with Crippen LogP contribution in [0.2, 0.25) is 5.02 Å². The summed E-state index contributed by atoms with van der Waals surface area (Å²) in [5.74, 6) is -0.416. The topological polar surface area (TPSA) is 60.2 Å². The van der Waals surface area contributed by atoms with Crippen LogP contribution in [0.5, 0.6) is 0 Å². The van der Waals surface area contributed by atoms with E-state index >= 15 is 0 Å². The minimum atomic E-state index is -3.08. The predicted molar refractivity (Wildman–Crippen MR) is 65.3 cm³/mol. The number of hydrogen-bond donors (Lipinski definition) is 1. The van der Waals surface area contributed by atoms with E-state index in [1.807, 2.05) is 0 Å². The molecule has 0 aliphatic carbocycles. The summed E-state index contributed by atoms with van der Waals surface area (Å²) in [6.07, 6.45) is 0.555. The maximum atomic E-state index is 13.5. The molecule has 1 atom stereocenters. The van der Waals surface area contributed by atoms with E-state index in [2.05, 4.69) is 0 Å². The van der Waals surface area contributed by atoms with Crippen LogP contribution in [0, 0.1) is 5.82 Å². The third kappa shape index (κ3) is 2.97. The molecule has 1 aromatic carbocycles. The average Bonchev–Trinajstić information content (AvgIpc) is 2.47. The fourth-order valence-corrected chi connectivity index (χ4v) is 4.32. The van der Waals surface area contributed by atoms with Gasteiger partial charge in [0.15, 0.2) is 9.84 Å². The maximum absolute atomic E-state index is 13.5. The average molecular weight is 278 g/mol. The van der Waals surface area contributed by atoms with E-state index in [0.717, 1.165) is 0 Å². The lowest BCUT2D eigenvalue weighted by Crippen LogP contribution is -2.43. The van der Waals surface area contributed by atoms with Crippen LogP contribution in [-0.2, 0) is 16.3 Å². The van der Waals surface area contributed by atoms with Crippen LogP contribution in [0.4, 0.5) is 4.39 Å². The summed E-state index contributed by atoms with van der Waals surface area (Å²) in [4.78, 5) is 0. The summed E-state index contributed by atoms with van der Waals surface area (Å²) >= 11 is 5.78. The zero-order chi connectivity index (χ0) is 12.7. The second kappa shape index (κ2) is 4.23. The molecule has 1 aromatic rings. The molecule has 2 N–H and O–H groups in total. The molecule has 94 valence electrons. The molecule has 0 saturated carbocycles. The summed E-state index contributed by atoms with van der Waals surface area (Å²) in [5.41, 5.74) is 5.50. The standard InChI is InChI=1S/C11H13ClFNO2S/c12-9-1-2-10(13)8(5-9)6-11(14)3-4-17(15,16)7-11/h1-2,5H,3-4,6-7,14H2. The van der Waals surface area contributed by atoms with Crippen LogP contribution in [0.25, 0.3) is 0 Å². The Balaban J connectivity index is 2.24. The summed E-state index contributed by atoms with van der Waals surface area (Å²) in [6, 6.07) is 4.22. The van der Waals surface area contributed by atoms with Gasteiger partial charge in [-0.15, -0.1) is 0 Å². The Morgan fingerprint density at radius 3 is 2.76 bits per heavy atom. The van der Waals surface area contributed by atoms with Crippen LogP contribution in [0.3, 0.4) is 0 Å². The summed E-state index contributed by atoms with van der Waals surface area (Å²) in [6.45, 7) is 0. The fraction of sp³-hybridized carbons (Fsp3) is 0.455. The molecule has 0 amide bonds. The molecule has 0 radical (unpaired) electrons. The number of benzene rings is 1. The molecule has 1 aliphatic heterocycles. The molecule has 0 bridgehead atoms. The van der Waals surface area contributed by atoms with Crippen molar-refractivity contribution < 1.29 is 12.8 Å². The number of halogens is 2. The first kappa shape index (κ1) is 12.8. The highest BCUT2D eigenvalue weighted by molar-refractivity contribution is 7.91. The first-order valence-corrected chi connectivity index (χ1v) is 7.43. The van der Waals surface area contributed by atoms with Crippen molar-refractivity contribution in [2.24, 2.45) is 5.73 Å². The van der Waals surface area contributed by atoms with Gasteiger partial charge < -0.3 is 5.73 Å². The number of hydrogen-bond acceptors (Lipinski definition) is 3. The molecule has 1 heterocycles. The zero-order valence-corrected chi connectivity index (χ0v) is 10.7. The van der Waals surface area contributed by atoms with Gasteiger partial charge in [-0.1, -0.05) is 11.6 Å². The second-order valence-electron chi connectivity index (χ2n) is 4.62. The molecule has 1 unspecified atom stereocenters. The molecule has 6 heteroatoms. The minimum Gasteiger partial charge on any atom is -0.324 e. The van der Waals surface area contributed by atoms with Gasteiger partial charge in [-0.2, -0.15) is 0 Å². The number of rotatable bonds is 2. The Morgan fingerprint density at radius 1 is 1.47 bits per heavy atom. The summed E-state index contributed by atoms with van der Waals surface area (Å²) in [7, 11) is -3.08. The third-order valence-electron chi connectivity index (χ3n) is 2.97. The minimum absolute atomic E-state index is 0.0751. The maximum Gasteiger partial charge on any atom is 0.152 e. The first-order chi connectivity index (χ1) is 7.80. The van der Waals surface area contributed by atoms with Crippen molar-refractivity contribution >= 4 is 21.4 Å². The Morgan fingerprint density at radius 2 is 2.18 bits per heavy atom. The second-order valence-corrected chi connectivity index (χ2v) is 7.24. The molecule has 2 rings (SSSR count). The van der Waals surface area contributed by atoms with Gasteiger partial charge in [-0.05, 0) is 36.6 Å². The Kier molecular flexibility index (Phi) is 3.18. The summed E-state index contributed by atoms with van der Waals surface area (Å²) in [5, 5.41) is 0.422. The highest BCUT2D eigenvalue weighted by Crippen LogP contribution is 2.27. The number of sulfone groups is 1. The summed E-state index contributed by atoms with van der Waals surface area (Å²) < 4.78 is 36.3. The van der Waals surface area contributed by atoms with E-state index in [0.29, 0.717) is 17.0 Å². The van der Waals surface area contributed by atoms with Crippen molar-refractivity contribution in [3.63, 3.8) is 0 Å². The highest BCUT2D eigenvalue weighted by atomic mass is 35.5. The Hall–Kier alpha value is -0.650. The van der Waals surface area contributed by atoms with Crippen LogP contribution < -0.4 is 5.73 Å². The van der Waals surface area contributed by atoms with Gasteiger partial charge in [0.05, 0.1) is 11.5 Å². The lowest BCUT2D eigenvalue weighted by atomic mass is 9.91. The van der Waals surface area contributed by atoms with Gasteiger partial charge in [0.25, 0.3) is 0 Å². The Labute approximate surface area is 105 Å². The van der Waals surface area contributed by atoms with Crippen LogP contribution in [0.1, 0.15) is 12.0 Å². The van der Waals surface area contributed by atoms with Crippen molar-refractivity contribution in [3.8, 4) is 0 Å². The SMILES string of the molecule is NC1(Cc2cc(Cl)ccc2F)CCS(=O)(=O)C1. The molecule has 0 spiro atoms. The van der Waals surface area contributed by atoms with Crippen molar-refractivity contribution in [2.45, 2.75) is 18.4 Å². The lowest BCUT2D eigenvalue weighted by molar-refractivity contribution is 0.463. The van der Waals surface area contributed by atoms with Gasteiger partial charge in [0, 0.05) is 10.6 Å². The van der Waals surface area contributed by atoms with Gasteiger partial charge in [0.1, 0.15) is 5.82 Å². The van der Waals surface area contributed by atoms with Crippen molar-refractivity contribution in [3.05, 3.63) is 34.6 Å². The lowest BCUT2D eigenvalue weighted by Gasteiger charge is -2.22. The van der Waals surface area contributed by atoms with E-state index in [-0.39, 0.29) is 17.9 Å². The molecular formula is C11H13ClFNO2S.